The van der Waals surface area contributed by atoms with Crippen LogP contribution in [0, 0.1) is 156 Å². The lowest BCUT2D eigenvalue weighted by Gasteiger charge is -2.65. The average Bonchev–Trinajstić information content (AvgIpc) is 1.58. The third-order valence-electron chi connectivity index (χ3n) is 37.2. The first-order valence-corrected chi connectivity index (χ1v) is 42.4. The molecule has 16 aliphatic rings. The molecule has 0 spiro atoms. The first kappa shape index (κ1) is 76.6. The maximum absolute atomic E-state index is 12.5. The van der Waals surface area contributed by atoms with E-state index in [0.717, 1.165) is 156 Å². The van der Waals surface area contributed by atoms with Crippen molar-refractivity contribution >= 4 is 34.6 Å². The Morgan fingerprint density at radius 3 is 1.60 bits per heavy atom. The van der Waals surface area contributed by atoms with E-state index in [1.165, 1.54) is 115 Å². The van der Waals surface area contributed by atoms with Gasteiger partial charge >= 0.3 is 0 Å². The van der Waals surface area contributed by atoms with Crippen molar-refractivity contribution in [2.45, 2.75) is 326 Å². The fraction of sp³-hybridized carbons (Fsp3) is 0.910. The van der Waals surface area contributed by atoms with E-state index in [9.17, 15) is 44.5 Å². The van der Waals surface area contributed by atoms with Crippen LogP contribution in [0.1, 0.15) is 302 Å². The number of nitrogens with zero attached hydrogens (tertiary/aromatic N) is 2. The number of hydrogen-bond acceptors (Lipinski definition) is 12. The van der Waals surface area contributed by atoms with Crippen molar-refractivity contribution in [2.24, 2.45) is 161 Å². The summed E-state index contributed by atoms with van der Waals surface area (Å²) in [5, 5.41) is 43.6. The highest BCUT2D eigenvalue weighted by Gasteiger charge is 2.68. The second kappa shape index (κ2) is 28.1. The number of hydrogen-bond donors (Lipinski definition) is 4. The fourth-order valence-electron chi connectivity index (χ4n) is 32.0. The highest BCUT2D eigenvalue weighted by atomic mass is 16.5. The van der Waals surface area contributed by atoms with Crippen molar-refractivity contribution in [3.63, 3.8) is 0 Å². The van der Waals surface area contributed by atoms with E-state index in [0.29, 0.717) is 105 Å². The Labute approximate surface area is 611 Å². The molecule has 101 heavy (non-hydrogen) atoms. The molecule has 0 radical (unpaired) electrons. The van der Waals surface area contributed by atoms with Gasteiger partial charge in [0.2, 0.25) is 0 Å². The molecule has 4 N–H and O–H groups in total. The number of carbonyl (C=O) groups excluding carboxylic acids is 5. The molecule has 16 aliphatic carbocycles. The van der Waals surface area contributed by atoms with Gasteiger partial charge < -0.3 is 30.2 Å². The van der Waals surface area contributed by atoms with Crippen LogP contribution in [0.25, 0.3) is 0 Å². The van der Waals surface area contributed by atoms with Crippen LogP contribution < -0.4 is 0 Å². The van der Waals surface area contributed by atoms with Crippen LogP contribution in [0.2, 0.25) is 0 Å². The SMILES string of the molecule is C/C(=N/O)[C@H]1CC[C@H]2[C@@H]3CCC4=CC(=O)CC[C@]4(C)[C@H]3CC[C@]12C.CC(=O)[C@H]1CC[C@H]2[C@@H]3CC[C@H]4C[C@](C)(O)CC[C@]4(C)[C@H]3CC[C@]12C.CCO[C@H]1C[C@@]2(C)[C@@H](CC[C@@H]3[C@@H]2[C@H](N(C)C)C[C@]2(C)[C@@H](C(C)=O)CC[C@@H]32)C[C@@H]1O.C[C@]12CCC(=O)C[C@@H]1CC[C@@H]1[C@@H]2CC[C@]2(C)[C@@H](C(=O)CO)CC[C@@H]12. The van der Waals surface area contributed by atoms with Gasteiger partial charge in [0, 0.05) is 55.6 Å². The van der Waals surface area contributed by atoms with Crippen molar-refractivity contribution in [3.8, 4) is 0 Å². The average molecular weight is 1400 g/mol. The number of carbonyl (C=O) groups is 5. The number of oxime groups is 1. The minimum Gasteiger partial charge on any atom is -0.411 e. The molecule has 16 rings (SSSR count). The van der Waals surface area contributed by atoms with E-state index in [-0.39, 0.29) is 63.5 Å². The second-order valence-corrected chi connectivity index (χ2v) is 41.3. The van der Waals surface area contributed by atoms with E-state index in [4.69, 9.17) is 4.74 Å². The summed E-state index contributed by atoms with van der Waals surface area (Å²) < 4.78 is 6.03. The highest BCUT2D eigenvalue weighted by molar-refractivity contribution is 5.91. The third-order valence-corrected chi connectivity index (χ3v) is 37.2. The Balaban J connectivity index is 0.000000121. The number of aliphatic hydroxyl groups is 3. The molecule has 0 aliphatic heterocycles. The van der Waals surface area contributed by atoms with Gasteiger partial charge in [-0.3, -0.25) is 24.0 Å². The largest absolute Gasteiger partial charge is 0.411 e. The van der Waals surface area contributed by atoms with Gasteiger partial charge in [-0.15, -0.1) is 0 Å². The number of ether oxygens (including phenoxy) is 1. The van der Waals surface area contributed by atoms with Gasteiger partial charge in [0.1, 0.15) is 24.0 Å². The van der Waals surface area contributed by atoms with Crippen molar-refractivity contribution in [1.82, 2.24) is 4.90 Å². The summed E-state index contributed by atoms with van der Waals surface area (Å²) in [6.07, 6.45) is 39.0. The molecule has 31 atom stereocenters. The van der Waals surface area contributed by atoms with Gasteiger partial charge in [0.05, 0.1) is 23.5 Å². The molecule has 15 saturated carbocycles. The Morgan fingerprint density at radius 1 is 0.515 bits per heavy atom. The maximum Gasteiger partial charge on any atom is 0.161 e. The standard InChI is InChI=1S/C25H43NO3.C22H36O2.C21H31NO2.C21H32O3/c1-7-29-22-14-24(3)16(12-21(22)28)8-9-17-19-11-10-18(15(2)27)25(19,4)13-20(23(17)24)26(5)6;1-14(23)17-7-8-18-16-6-5-15-13-20(2,24)11-12-21(15,3)19(16)9-10-22(17,18)4;1-13(22-24)17-6-7-18-16-5-4-14-12-15(23)8-10-20(14,2)19(16)9-11-21(17,18)3;1-20-9-7-14(23)11-13(20)3-4-15-16-5-6-18(19(24)12-22)21(16,2)10-8-17(15)20/h16-23,28H,7-14H2,1-6H3;15-19,24H,5-13H2,1-4H3;12,16-19,24H,4-11H2,1-3H3;13,15-18,22H,3-12H2,1-2H3/b;;22-13-;/t16-,17-,18+,19-,20+,21-,22-,23+,24-,25+;15-,16-,17+,18-,19-,20+,21-,22+;16-,17+,18-,19-,20-,21+;13-,15-,16-,17-,18+,20-,21-/m0000/s1. The molecule has 0 heterocycles. The lowest BCUT2D eigenvalue weighted by atomic mass is 9.43. The molecular formula is C89H142N2O10. The predicted molar refractivity (Wildman–Crippen MR) is 399 cm³/mol. The first-order valence-electron chi connectivity index (χ1n) is 42.4. The molecule has 0 aromatic rings. The summed E-state index contributed by atoms with van der Waals surface area (Å²) in [4.78, 5) is 63.3. The second-order valence-electron chi connectivity index (χ2n) is 41.3. The van der Waals surface area contributed by atoms with Crippen LogP contribution in [0.4, 0.5) is 0 Å². The van der Waals surface area contributed by atoms with E-state index < -0.39 is 5.60 Å². The molecular weight excluding hydrogens is 1260 g/mol. The zero-order valence-corrected chi connectivity index (χ0v) is 66.2. The van der Waals surface area contributed by atoms with Gasteiger partial charge in [-0.25, -0.2) is 0 Å². The predicted octanol–water partition coefficient (Wildman–Crippen LogP) is 17.9. The zero-order chi connectivity index (χ0) is 72.7. The van der Waals surface area contributed by atoms with E-state index >= 15 is 0 Å². The molecule has 0 saturated heterocycles. The van der Waals surface area contributed by atoms with Crippen molar-refractivity contribution in [1.29, 1.82) is 0 Å². The van der Waals surface area contributed by atoms with Gasteiger partial charge in [0.15, 0.2) is 11.6 Å². The molecule has 568 valence electrons. The first-order chi connectivity index (χ1) is 47.6. The fourth-order valence-corrected chi connectivity index (χ4v) is 32.0. The Bertz CT molecular complexity index is 3170. The Kier molecular flexibility index (Phi) is 21.3. The summed E-state index contributed by atoms with van der Waals surface area (Å²) in [6, 6.07) is 0.506. The zero-order valence-electron chi connectivity index (χ0n) is 66.2. The number of ketones is 5. The monoisotopic (exact) mass is 1400 g/mol. The van der Waals surface area contributed by atoms with Gasteiger partial charge in [0.25, 0.3) is 0 Å². The topological polar surface area (TPSA) is 191 Å². The highest BCUT2D eigenvalue weighted by Crippen LogP contribution is 2.73. The molecule has 15 fully saturated rings. The Morgan fingerprint density at radius 2 is 1.02 bits per heavy atom. The van der Waals surface area contributed by atoms with E-state index in [1.807, 2.05) is 40.7 Å². The van der Waals surface area contributed by atoms with Gasteiger partial charge in [-0.2, -0.15) is 0 Å². The van der Waals surface area contributed by atoms with E-state index in [2.05, 4.69) is 79.5 Å². The number of aliphatic hydroxyl groups excluding tert-OH is 2. The molecule has 12 nitrogen and oxygen atoms in total. The smallest absolute Gasteiger partial charge is 0.161 e. The minimum absolute atomic E-state index is 0.0235. The van der Waals surface area contributed by atoms with Crippen LogP contribution >= 0.6 is 0 Å². The molecule has 0 aromatic carbocycles. The maximum atomic E-state index is 12.5. The summed E-state index contributed by atoms with van der Waals surface area (Å²) in [5.74, 6) is 13.6. The molecule has 0 amide bonds. The minimum atomic E-state index is -0.437. The summed E-state index contributed by atoms with van der Waals surface area (Å²) >= 11 is 0. The van der Waals surface area contributed by atoms with Crippen LogP contribution in [0.5, 0.6) is 0 Å². The van der Waals surface area contributed by atoms with Crippen molar-refractivity contribution < 1.29 is 49.2 Å². The van der Waals surface area contributed by atoms with Crippen molar-refractivity contribution in [3.05, 3.63) is 11.6 Å². The molecule has 0 unspecified atom stereocenters. The lowest BCUT2D eigenvalue weighted by molar-refractivity contribution is -0.189. The summed E-state index contributed by atoms with van der Waals surface area (Å²) in [7, 11) is 4.49. The van der Waals surface area contributed by atoms with Gasteiger partial charge in [-0.05, 0) is 380 Å². The number of rotatable bonds is 8. The normalized spacial score (nSPS) is 52.0. The van der Waals surface area contributed by atoms with Crippen LogP contribution in [-0.2, 0) is 28.7 Å². The van der Waals surface area contributed by atoms with Crippen LogP contribution in [0.15, 0.2) is 16.8 Å². The molecule has 0 bridgehead atoms. The number of fused-ring (bicyclic) bond motifs is 20. The number of allylic oxidation sites excluding steroid dienone is 1. The summed E-state index contributed by atoms with van der Waals surface area (Å²) in [5.41, 5.74) is 4.04. The lowest BCUT2D eigenvalue weighted by Crippen LogP contribution is -2.63. The van der Waals surface area contributed by atoms with Crippen LogP contribution in [0.3, 0.4) is 0 Å². The number of Topliss-reactive ketones (excluding diaryl/α,β-unsaturated/α-hetero) is 4. The van der Waals surface area contributed by atoms with Crippen molar-refractivity contribution in [2.75, 3.05) is 27.3 Å². The third kappa shape index (κ3) is 12.7. The van der Waals surface area contributed by atoms with Gasteiger partial charge in [-0.1, -0.05) is 66.1 Å². The molecule has 0 aromatic heterocycles. The quantitative estimate of drug-likeness (QED) is 0.103. The Hall–Kier alpha value is -2.64. The summed E-state index contributed by atoms with van der Waals surface area (Å²) in [6.45, 7) is 29.8. The van der Waals surface area contributed by atoms with E-state index in [1.54, 1.807) is 0 Å². The molecule has 12 heteroatoms. The van der Waals surface area contributed by atoms with Crippen LogP contribution in [-0.4, -0.2) is 111 Å².